The molecule has 2 aromatic rings. The lowest BCUT2D eigenvalue weighted by atomic mass is 10.1. The molecular weight excluding hydrogens is 324 g/mol. The van der Waals surface area contributed by atoms with Crippen LogP contribution in [0.3, 0.4) is 0 Å². The van der Waals surface area contributed by atoms with Crippen molar-refractivity contribution in [3.8, 4) is 0 Å². The minimum Gasteiger partial charge on any atom is -0.383 e. The number of benzene rings is 1. The average molecular weight is 349 g/mol. The van der Waals surface area contributed by atoms with Gasteiger partial charge in [-0.25, -0.2) is 4.68 Å². The summed E-state index contributed by atoms with van der Waals surface area (Å²) >= 11 is 5.86. The molecule has 24 heavy (non-hydrogen) atoms. The fourth-order valence-electron chi connectivity index (χ4n) is 2.49. The summed E-state index contributed by atoms with van der Waals surface area (Å²) in [6.45, 7) is 6.93. The van der Waals surface area contributed by atoms with Crippen LogP contribution in [0.4, 0.5) is 0 Å². The van der Waals surface area contributed by atoms with Crippen molar-refractivity contribution in [3.63, 3.8) is 0 Å². The molecule has 130 valence electrons. The summed E-state index contributed by atoms with van der Waals surface area (Å²) in [7, 11) is 1.72. The second kappa shape index (κ2) is 9.57. The molecule has 0 aliphatic rings. The Balaban J connectivity index is 2.07. The van der Waals surface area contributed by atoms with Gasteiger partial charge in [0, 0.05) is 31.3 Å². The Morgan fingerprint density at radius 2 is 2.12 bits per heavy atom. The van der Waals surface area contributed by atoms with Crippen molar-refractivity contribution < 1.29 is 4.74 Å². The standard InChI is InChI=1S/C18H25ClN4O/c1-15(19)9-10-23-14-18(20-21-23)13-22(11-12-24-3)16(2)17-7-5-4-6-8-17/h4-9,14,16H,10-13H2,1-3H3/b15-9-. The SMILES string of the molecule is COCCN(Cc1cn(C/C=C(/C)Cl)nn1)C(C)c1ccccc1. The molecule has 0 saturated heterocycles. The Morgan fingerprint density at radius 1 is 1.38 bits per heavy atom. The van der Waals surface area contributed by atoms with Crippen LogP contribution in [0.5, 0.6) is 0 Å². The quantitative estimate of drug-likeness (QED) is 0.694. The van der Waals surface area contributed by atoms with Gasteiger partial charge in [-0.3, -0.25) is 4.90 Å². The number of nitrogens with zero attached hydrogens (tertiary/aromatic N) is 4. The van der Waals surface area contributed by atoms with Gasteiger partial charge >= 0.3 is 0 Å². The molecule has 6 heteroatoms. The lowest BCUT2D eigenvalue weighted by Gasteiger charge is -2.28. The molecule has 0 amide bonds. The van der Waals surface area contributed by atoms with Gasteiger partial charge in [0.15, 0.2) is 0 Å². The van der Waals surface area contributed by atoms with Crippen molar-refractivity contribution in [1.82, 2.24) is 19.9 Å². The van der Waals surface area contributed by atoms with Crippen LogP contribution in [0.15, 0.2) is 47.6 Å². The van der Waals surface area contributed by atoms with Gasteiger partial charge in [-0.05, 0) is 25.5 Å². The first-order valence-corrected chi connectivity index (χ1v) is 8.47. The summed E-state index contributed by atoms with van der Waals surface area (Å²) in [6, 6.07) is 10.7. The van der Waals surface area contributed by atoms with E-state index >= 15 is 0 Å². The molecule has 0 aliphatic carbocycles. The van der Waals surface area contributed by atoms with E-state index in [9.17, 15) is 0 Å². The molecule has 0 N–H and O–H groups in total. The topological polar surface area (TPSA) is 43.2 Å². The second-order valence-corrected chi connectivity index (χ2v) is 6.37. The highest BCUT2D eigenvalue weighted by Gasteiger charge is 2.17. The van der Waals surface area contributed by atoms with Crippen molar-refractivity contribution in [2.45, 2.75) is 33.0 Å². The zero-order chi connectivity index (χ0) is 17.4. The Hall–Kier alpha value is -1.69. The van der Waals surface area contributed by atoms with E-state index in [0.717, 1.165) is 23.8 Å². The second-order valence-electron chi connectivity index (χ2n) is 5.77. The first-order chi connectivity index (χ1) is 11.6. The molecule has 0 fully saturated rings. The van der Waals surface area contributed by atoms with Gasteiger partial charge in [0.2, 0.25) is 0 Å². The van der Waals surface area contributed by atoms with Gasteiger partial charge in [-0.2, -0.15) is 0 Å². The van der Waals surface area contributed by atoms with Crippen molar-refractivity contribution in [3.05, 3.63) is 58.9 Å². The van der Waals surface area contributed by atoms with E-state index in [1.807, 2.05) is 25.3 Å². The van der Waals surface area contributed by atoms with E-state index in [0.29, 0.717) is 13.2 Å². The van der Waals surface area contributed by atoms with Crippen LogP contribution in [0.2, 0.25) is 0 Å². The number of hydrogen-bond donors (Lipinski definition) is 0. The largest absolute Gasteiger partial charge is 0.383 e. The number of methoxy groups -OCH3 is 1. The van der Waals surface area contributed by atoms with Crippen LogP contribution in [-0.2, 0) is 17.8 Å². The fraction of sp³-hybridized carbons (Fsp3) is 0.444. The third-order valence-electron chi connectivity index (χ3n) is 3.92. The summed E-state index contributed by atoms with van der Waals surface area (Å²) in [5.41, 5.74) is 2.22. The molecule has 0 saturated carbocycles. The van der Waals surface area contributed by atoms with Crippen LogP contribution in [0.1, 0.15) is 31.1 Å². The van der Waals surface area contributed by atoms with Crippen LogP contribution in [0, 0.1) is 0 Å². The molecule has 1 atom stereocenters. The summed E-state index contributed by atoms with van der Waals surface area (Å²) < 4.78 is 7.06. The first-order valence-electron chi connectivity index (χ1n) is 8.09. The highest BCUT2D eigenvalue weighted by Crippen LogP contribution is 2.21. The third kappa shape index (κ3) is 5.74. The Morgan fingerprint density at radius 3 is 2.79 bits per heavy atom. The summed E-state index contributed by atoms with van der Waals surface area (Å²) in [6.07, 6.45) is 3.88. The summed E-state index contributed by atoms with van der Waals surface area (Å²) in [5.74, 6) is 0. The zero-order valence-corrected chi connectivity index (χ0v) is 15.3. The van der Waals surface area contributed by atoms with Gasteiger partial charge in [0.25, 0.3) is 0 Å². The third-order valence-corrected chi connectivity index (χ3v) is 4.08. The summed E-state index contributed by atoms with van der Waals surface area (Å²) in [5, 5.41) is 9.19. The number of hydrogen-bond acceptors (Lipinski definition) is 4. The molecule has 1 aromatic heterocycles. The molecule has 0 aliphatic heterocycles. The molecule has 2 rings (SSSR count). The normalized spacial score (nSPS) is 13.5. The highest BCUT2D eigenvalue weighted by atomic mass is 35.5. The molecule has 5 nitrogen and oxygen atoms in total. The Kier molecular flexibility index (Phi) is 7.43. The molecule has 0 spiro atoms. The van der Waals surface area contributed by atoms with Gasteiger partial charge in [-0.1, -0.05) is 47.1 Å². The van der Waals surface area contributed by atoms with Crippen LogP contribution < -0.4 is 0 Å². The van der Waals surface area contributed by atoms with Crippen LogP contribution in [-0.4, -0.2) is 40.2 Å². The Bertz CT molecular complexity index is 637. The monoisotopic (exact) mass is 348 g/mol. The molecule has 1 heterocycles. The zero-order valence-electron chi connectivity index (χ0n) is 14.5. The Labute approximate surface area is 148 Å². The number of aromatic nitrogens is 3. The maximum Gasteiger partial charge on any atom is 0.0967 e. The number of halogens is 1. The molecule has 1 unspecified atom stereocenters. The molecule has 1 aromatic carbocycles. The van der Waals surface area contributed by atoms with Crippen molar-refractivity contribution in [1.29, 1.82) is 0 Å². The van der Waals surface area contributed by atoms with E-state index in [2.05, 4.69) is 46.4 Å². The average Bonchev–Trinajstić information content (AvgIpc) is 3.04. The van der Waals surface area contributed by atoms with Crippen molar-refractivity contribution in [2.24, 2.45) is 0 Å². The van der Waals surface area contributed by atoms with Gasteiger partial charge in [0.05, 0.1) is 25.0 Å². The molecular formula is C18H25ClN4O. The van der Waals surface area contributed by atoms with E-state index in [1.54, 1.807) is 11.8 Å². The van der Waals surface area contributed by atoms with E-state index in [-0.39, 0.29) is 6.04 Å². The maximum atomic E-state index is 5.86. The minimum atomic E-state index is 0.275. The van der Waals surface area contributed by atoms with Crippen molar-refractivity contribution in [2.75, 3.05) is 20.3 Å². The summed E-state index contributed by atoms with van der Waals surface area (Å²) in [4.78, 5) is 2.34. The highest BCUT2D eigenvalue weighted by molar-refractivity contribution is 6.29. The van der Waals surface area contributed by atoms with E-state index < -0.39 is 0 Å². The lowest BCUT2D eigenvalue weighted by molar-refractivity contribution is 0.118. The first kappa shape index (κ1) is 18.6. The predicted octanol–water partition coefficient (Wildman–Crippen LogP) is 3.63. The number of rotatable bonds is 9. The van der Waals surface area contributed by atoms with Gasteiger partial charge in [-0.15, -0.1) is 5.10 Å². The predicted molar refractivity (Wildman–Crippen MR) is 96.8 cm³/mol. The van der Waals surface area contributed by atoms with Crippen molar-refractivity contribution >= 4 is 11.6 Å². The maximum absolute atomic E-state index is 5.86. The van der Waals surface area contributed by atoms with E-state index in [4.69, 9.17) is 16.3 Å². The molecule has 0 radical (unpaired) electrons. The van der Waals surface area contributed by atoms with Crippen LogP contribution in [0.25, 0.3) is 0 Å². The number of ether oxygens (including phenoxy) is 1. The van der Waals surface area contributed by atoms with Crippen LogP contribution >= 0.6 is 11.6 Å². The number of allylic oxidation sites excluding steroid dienone is 2. The molecule has 0 bridgehead atoms. The minimum absolute atomic E-state index is 0.275. The lowest BCUT2D eigenvalue weighted by Crippen LogP contribution is -2.30. The smallest absolute Gasteiger partial charge is 0.0967 e. The fourth-order valence-corrected chi connectivity index (χ4v) is 2.56. The van der Waals surface area contributed by atoms with Gasteiger partial charge < -0.3 is 4.74 Å². The van der Waals surface area contributed by atoms with E-state index in [1.165, 1.54) is 5.56 Å². The van der Waals surface area contributed by atoms with Gasteiger partial charge in [0.1, 0.15) is 0 Å².